The molecule has 2 rings (SSSR count). The molecule has 0 bridgehead atoms. The minimum absolute atomic E-state index is 0.243. The number of nitrogens with zero attached hydrogens (tertiary/aromatic N) is 2. The van der Waals surface area contributed by atoms with Crippen LogP contribution in [0, 0.1) is 6.92 Å². The predicted molar refractivity (Wildman–Crippen MR) is 68.8 cm³/mol. The van der Waals surface area contributed by atoms with Gasteiger partial charge in [-0.1, -0.05) is 36.8 Å². The molecule has 0 atom stereocenters. The molecule has 4 heteroatoms. The smallest absolute Gasteiger partial charge is 0.354 e. The first-order valence-electron chi connectivity index (χ1n) is 5.95. The topological polar surface area (TPSA) is 55.1 Å². The summed E-state index contributed by atoms with van der Waals surface area (Å²) in [6.45, 7) is 4.55. The highest BCUT2D eigenvalue weighted by molar-refractivity contribution is 5.85. The van der Waals surface area contributed by atoms with Gasteiger partial charge in [0.25, 0.3) is 0 Å². The number of carboxylic acid groups (broad SMARTS) is 1. The number of imidazole rings is 1. The minimum atomic E-state index is -0.936. The van der Waals surface area contributed by atoms with Crippen LogP contribution < -0.4 is 0 Å². The number of carbonyl (C=O) groups is 1. The Bertz CT molecular complexity index is 556. The molecular weight excluding hydrogens is 228 g/mol. The van der Waals surface area contributed by atoms with Gasteiger partial charge in [0.1, 0.15) is 11.5 Å². The fraction of sp³-hybridized carbons (Fsp3) is 0.286. The van der Waals surface area contributed by atoms with Gasteiger partial charge in [-0.25, -0.2) is 9.78 Å². The number of carboxylic acids is 1. The van der Waals surface area contributed by atoms with Gasteiger partial charge in [0.2, 0.25) is 0 Å². The minimum Gasteiger partial charge on any atom is -0.477 e. The van der Waals surface area contributed by atoms with Crippen molar-refractivity contribution in [2.45, 2.75) is 26.8 Å². The third-order valence-corrected chi connectivity index (χ3v) is 2.93. The summed E-state index contributed by atoms with van der Waals surface area (Å²) in [5.74, 6) is -0.137. The SMILES string of the molecule is CCc1ncc(C(=O)O)n1Cc1ccc(C)cc1. The first-order valence-corrected chi connectivity index (χ1v) is 5.95. The van der Waals surface area contributed by atoms with Gasteiger partial charge >= 0.3 is 5.97 Å². The summed E-state index contributed by atoms with van der Waals surface area (Å²) in [5.41, 5.74) is 2.52. The van der Waals surface area contributed by atoms with Gasteiger partial charge in [0.15, 0.2) is 0 Å². The van der Waals surface area contributed by atoms with Crippen molar-refractivity contribution in [2.75, 3.05) is 0 Å². The van der Waals surface area contributed by atoms with Crippen LogP contribution >= 0.6 is 0 Å². The quantitative estimate of drug-likeness (QED) is 0.899. The molecule has 0 saturated heterocycles. The Morgan fingerprint density at radius 3 is 2.56 bits per heavy atom. The summed E-state index contributed by atoms with van der Waals surface area (Å²) < 4.78 is 1.76. The van der Waals surface area contributed by atoms with E-state index in [0.29, 0.717) is 6.54 Å². The summed E-state index contributed by atoms with van der Waals surface area (Å²) in [6.07, 6.45) is 2.15. The van der Waals surface area contributed by atoms with Crippen molar-refractivity contribution in [1.29, 1.82) is 0 Å². The van der Waals surface area contributed by atoms with Crippen molar-refractivity contribution in [3.05, 3.63) is 53.1 Å². The average molecular weight is 244 g/mol. The second kappa shape index (κ2) is 5.04. The monoisotopic (exact) mass is 244 g/mol. The van der Waals surface area contributed by atoms with E-state index in [1.54, 1.807) is 4.57 Å². The van der Waals surface area contributed by atoms with E-state index in [1.165, 1.54) is 11.8 Å². The van der Waals surface area contributed by atoms with Crippen LogP contribution in [0.4, 0.5) is 0 Å². The predicted octanol–water partition coefficient (Wildman–Crippen LogP) is 2.50. The van der Waals surface area contributed by atoms with Gasteiger partial charge in [-0.05, 0) is 12.5 Å². The standard InChI is InChI=1S/C14H16N2O2/c1-3-13-15-8-12(14(17)18)16(13)9-11-6-4-10(2)5-7-11/h4-8H,3,9H2,1-2H3,(H,17,18). The van der Waals surface area contributed by atoms with Crippen molar-refractivity contribution in [1.82, 2.24) is 9.55 Å². The highest BCUT2D eigenvalue weighted by Gasteiger charge is 2.14. The first-order chi connectivity index (χ1) is 8.61. The average Bonchev–Trinajstić information content (AvgIpc) is 2.75. The number of aryl methyl sites for hydroxylation is 2. The zero-order valence-electron chi connectivity index (χ0n) is 10.6. The summed E-state index contributed by atoms with van der Waals surface area (Å²) in [7, 11) is 0. The summed E-state index contributed by atoms with van der Waals surface area (Å²) in [4.78, 5) is 15.3. The van der Waals surface area contributed by atoms with E-state index in [-0.39, 0.29) is 5.69 Å². The molecule has 0 aliphatic heterocycles. The van der Waals surface area contributed by atoms with Gasteiger partial charge in [0, 0.05) is 13.0 Å². The lowest BCUT2D eigenvalue weighted by Gasteiger charge is -2.09. The maximum atomic E-state index is 11.1. The van der Waals surface area contributed by atoms with Crippen LogP contribution in [-0.2, 0) is 13.0 Å². The third kappa shape index (κ3) is 2.42. The van der Waals surface area contributed by atoms with E-state index in [0.717, 1.165) is 17.8 Å². The fourth-order valence-corrected chi connectivity index (χ4v) is 1.92. The third-order valence-electron chi connectivity index (χ3n) is 2.93. The highest BCUT2D eigenvalue weighted by atomic mass is 16.4. The van der Waals surface area contributed by atoms with Gasteiger partial charge in [-0.2, -0.15) is 0 Å². The van der Waals surface area contributed by atoms with Crippen LogP contribution in [0.15, 0.2) is 30.5 Å². The Balaban J connectivity index is 2.35. The lowest BCUT2D eigenvalue weighted by molar-refractivity contribution is 0.0685. The molecule has 0 radical (unpaired) electrons. The Morgan fingerprint density at radius 1 is 1.33 bits per heavy atom. The molecule has 0 fully saturated rings. The molecule has 0 saturated carbocycles. The lowest BCUT2D eigenvalue weighted by Crippen LogP contribution is -2.12. The molecule has 0 aliphatic carbocycles. The summed E-state index contributed by atoms with van der Waals surface area (Å²) >= 11 is 0. The summed E-state index contributed by atoms with van der Waals surface area (Å²) in [6, 6.07) is 8.08. The Morgan fingerprint density at radius 2 is 2.00 bits per heavy atom. The van der Waals surface area contributed by atoms with Crippen LogP contribution in [0.25, 0.3) is 0 Å². The molecular formula is C14H16N2O2. The Labute approximate surface area is 106 Å². The Hall–Kier alpha value is -2.10. The number of aromatic nitrogens is 2. The van der Waals surface area contributed by atoms with E-state index >= 15 is 0 Å². The van der Waals surface area contributed by atoms with Crippen LogP contribution in [0.2, 0.25) is 0 Å². The molecule has 94 valence electrons. The second-order valence-corrected chi connectivity index (χ2v) is 4.29. The van der Waals surface area contributed by atoms with Crippen LogP contribution in [0.3, 0.4) is 0 Å². The van der Waals surface area contributed by atoms with Crippen LogP contribution in [-0.4, -0.2) is 20.6 Å². The van der Waals surface area contributed by atoms with Crippen molar-refractivity contribution >= 4 is 5.97 Å². The van der Waals surface area contributed by atoms with Crippen molar-refractivity contribution in [3.63, 3.8) is 0 Å². The molecule has 0 amide bonds. The van der Waals surface area contributed by atoms with E-state index in [1.807, 2.05) is 38.1 Å². The maximum absolute atomic E-state index is 11.1. The number of rotatable bonds is 4. The van der Waals surface area contributed by atoms with E-state index in [9.17, 15) is 4.79 Å². The highest BCUT2D eigenvalue weighted by Crippen LogP contribution is 2.12. The number of hydrogen-bond donors (Lipinski definition) is 1. The molecule has 1 aromatic heterocycles. The molecule has 18 heavy (non-hydrogen) atoms. The summed E-state index contributed by atoms with van der Waals surface area (Å²) in [5, 5.41) is 9.14. The van der Waals surface area contributed by atoms with E-state index < -0.39 is 5.97 Å². The zero-order valence-corrected chi connectivity index (χ0v) is 10.6. The molecule has 0 spiro atoms. The largest absolute Gasteiger partial charge is 0.477 e. The normalized spacial score (nSPS) is 10.6. The fourth-order valence-electron chi connectivity index (χ4n) is 1.92. The Kier molecular flexibility index (Phi) is 3.46. The van der Waals surface area contributed by atoms with Crippen LogP contribution in [0.5, 0.6) is 0 Å². The van der Waals surface area contributed by atoms with Crippen molar-refractivity contribution < 1.29 is 9.90 Å². The van der Waals surface area contributed by atoms with Crippen LogP contribution in [0.1, 0.15) is 34.4 Å². The number of benzene rings is 1. The maximum Gasteiger partial charge on any atom is 0.354 e. The molecule has 1 aromatic carbocycles. The number of hydrogen-bond acceptors (Lipinski definition) is 2. The first kappa shape index (κ1) is 12.4. The lowest BCUT2D eigenvalue weighted by atomic mass is 10.1. The molecule has 1 N–H and O–H groups in total. The molecule has 4 nitrogen and oxygen atoms in total. The van der Waals surface area contributed by atoms with E-state index in [2.05, 4.69) is 4.98 Å². The second-order valence-electron chi connectivity index (χ2n) is 4.29. The van der Waals surface area contributed by atoms with Gasteiger partial charge in [0.05, 0.1) is 6.20 Å². The van der Waals surface area contributed by atoms with Gasteiger partial charge in [-0.15, -0.1) is 0 Å². The van der Waals surface area contributed by atoms with Gasteiger partial charge < -0.3 is 9.67 Å². The molecule has 2 aromatic rings. The molecule has 1 heterocycles. The van der Waals surface area contributed by atoms with Gasteiger partial charge in [-0.3, -0.25) is 0 Å². The molecule has 0 unspecified atom stereocenters. The zero-order chi connectivity index (χ0) is 13.1. The number of aromatic carboxylic acids is 1. The molecule has 0 aliphatic rings. The van der Waals surface area contributed by atoms with Crippen molar-refractivity contribution in [3.8, 4) is 0 Å². The van der Waals surface area contributed by atoms with E-state index in [4.69, 9.17) is 5.11 Å². The van der Waals surface area contributed by atoms with Crippen molar-refractivity contribution in [2.24, 2.45) is 0 Å².